The molecule has 2 aromatic rings. The van der Waals surface area contributed by atoms with Crippen LogP contribution >= 0.6 is 0 Å². The number of fused-ring (bicyclic) bond motifs is 1. The molecule has 2 rings (SSSR count). The molecular formula is C10H11FN4O. The number of aromatic amines is 1. The minimum Gasteiger partial charge on any atom is -0.338 e. The Hall–Kier alpha value is -2.11. The van der Waals surface area contributed by atoms with E-state index in [4.69, 9.17) is 0 Å². The van der Waals surface area contributed by atoms with Crippen LogP contribution in [-0.4, -0.2) is 22.5 Å². The Labute approximate surface area is 91.1 Å². The third kappa shape index (κ3) is 2.10. The molecule has 0 saturated carbocycles. The number of benzene rings is 1. The number of urea groups is 1. The number of H-pyrrole nitrogens is 1. The SMILES string of the molecule is CCNC(=O)Nc1nc2ccc(F)cc2[nH]1. The number of carbonyl (C=O) groups excluding carboxylic acids is 1. The molecule has 6 heteroatoms. The highest BCUT2D eigenvalue weighted by Gasteiger charge is 2.06. The molecule has 1 aromatic heterocycles. The number of hydrogen-bond acceptors (Lipinski definition) is 2. The highest BCUT2D eigenvalue weighted by Crippen LogP contribution is 2.15. The normalized spacial score (nSPS) is 10.4. The number of aromatic nitrogens is 2. The molecule has 16 heavy (non-hydrogen) atoms. The van der Waals surface area contributed by atoms with E-state index in [-0.39, 0.29) is 11.8 Å². The average Bonchev–Trinajstić information content (AvgIpc) is 2.59. The molecule has 1 aromatic carbocycles. The molecule has 0 aliphatic heterocycles. The summed E-state index contributed by atoms with van der Waals surface area (Å²) in [4.78, 5) is 18.1. The number of anilines is 1. The molecule has 0 bridgehead atoms. The maximum Gasteiger partial charge on any atom is 0.321 e. The number of nitrogens with zero attached hydrogens (tertiary/aromatic N) is 1. The Bertz CT molecular complexity index is 523. The number of carbonyl (C=O) groups is 1. The molecule has 0 atom stereocenters. The van der Waals surface area contributed by atoms with Gasteiger partial charge in [0.25, 0.3) is 0 Å². The minimum absolute atomic E-state index is 0.298. The second kappa shape index (κ2) is 4.18. The van der Waals surface area contributed by atoms with E-state index in [2.05, 4.69) is 20.6 Å². The lowest BCUT2D eigenvalue weighted by molar-refractivity contribution is 0.252. The third-order valence-corrected chi connectivity index (χ3v) is 2.01. The van der Waals surface area contributed by atoms with E-state index >= 15 is 0 Å². The van der Waals surface area contributed by atoms with Gasteiger partial charge in [-0.25, -0.2) is 14.2 Å². The van der Waals surface area contributed by atoms with Gasteiger partial charge in [-0.05, 0) is 25.1 Å². The Balaban J connectivity index is 2.23. The van der Waals surface area contributed by atoms with Crippen molar-refractivity contribution in [1.29, 1.82) is 0 Å². The minimum atomic E-state index is -0.347. The van der Waals surface area contributed by atoms with Crippen molar-refractivity contribution in [3.8, 4) is 0 Å². The molecule has 3 N–H and O–H groups in total. The first-order valence-electron chi connectivity index (χ1n) is 4.89. The number of halogens is 1. The summed E-state index contributed by atoms with van der Waals surface area (Å²) in [6, 6.07) is 3.84. The van der Waals surface area contributed by atoms with Crippen LogP contribution in [0.25, 0.3) is 11.0 Å². The van der Waals surface area contributed by atoms with Crippen LogP contribution in [0.4, 0.5) is 15.1 Å². The van der Waals surface area contributed by atoms with Crippen molar-refractivity contribution in [3.63, 3.8) is 0 Å². The van der Waals surface area contributed by atoms with E-state index in [0.717, 1.165) is 0 Å². The van der Waals surface area contributed by atoms with Gasteiger partial charge >= 0.3 is 6.03 Å². The van der Waals surface area contributed by atoms with Crippen LogP contribution < -0.4 is 10.6 Å². The van der Waals surface area contributed by atoms with Crippen LogP contribution in [0.15, 0.2) is 18.2 Å². The summed E-state index contributed by atoms with van der Waals surface area (Å²) < 4.78 is 12.9. The van der Waals surface area contributed by atoms with Crippen molar-refractivity contribution in [2.24, 2.45) is 0 Å². The average molecular weight is 222 g/mol. The lowest BCUT2D eigenvalue weighted by Gasteiger charge is -2.00. The fraction of sp³-hybridized carbons (Fsp3) is 0.200. The summed E-state index contributed by atoms with van der Waals surface area (Å²) in [5.41, 5.74) is 1.15. The second-order valence-corrected chi connectivity index (χ2v) is 3.23. The van der Waals surface area contributed by atoms with Crippen LogP contribution in [0, 0.1) is 5.82 Å². The molecule has 0 radical (unpaired) electrons. The van der Waals surface area contributed by atoms with E-state index in [9.17, 15) is 9.18 Å². The van der Waals surface area contributed by atoms with E-state index < -0.39 is 0 Å². The van der Waals surface area contributed by atoms with E-state index in [1.165, 1.54) is 12.1 Å². The Morgan fingerprint density at radius 2 is 2.38 bits per heavy atom. The van der Waals surface area contributed by atoms with Crippen LogP contribution in [-0.2, 0) is 0 Å². The van der Waals surface area contributed by atoms with Gasteiger partial charge < -0.3 is 10.3 Å². The van der Waals surface area contributed by atoms with Crippen molar-refractivity contribution in [2.45, 2.75) is 6.92 Å². The van der Waals surface area contributed by atoms with Gasteiger partial charge in [-0.2, -0.15) is 0 Å². The maximum absolute atomic E-state index is 12.9. The van der Waals surface area contributed by atoms with Gasteiger partial charge in [-0.15, -0.1) is 0 Å². The summed E-state index contributed by atoms with van der Waals surface area (Å²) in [6.45, 7) is 2.34. The third-order valence-electron chi connectivity index (χ3n) is 2.01. The monoisotopic (exact) mass is 222 g/mol. The quantitative estimate of drug-likeness (QED) is 0.725. The molecule has 0 aliphatic rings. The molecule has 84 valence electrons. The largest absolute Gasteiger partial charge is 0.338 e. The number of hydrogen-bond donors (Lipinski definition) is 3. The molecule has 1 heterocycles. The number of imidazole rings is 1. The Morgan fingerprint density at radius 3 is 3.12 bits per heavy atom. The van der Waals surface area contributed by atoms with Gasteiger partial charge in [0.05, 0.1) is 11.0 Å². The number of amides is 2. The van der Waals surface area contributed by atoms with Gasteiger partial charge in [-0.3, -0.25) is 5.32 Å². The summed E-state index contributed by atoms with van der Waals surface area (Å²) in [5.74, 6) is -0.0488. The fourth-order valence-electron chi connectivity index (χ4n) is 1.35. The van der Waals surface area contributed by atoms with Crippen molar-refractivity contribution >= 4 is 23.0 Å². The zero-order valence-electron chi connectivity index (χ0n) is 8.67. The molecular weight excluding hydrogens is 211 g/mol. The van der Waals surface area contributed by atoms with Crippen molar-refractivity contribution in [3.05, 3.63) is 24.0 Å². The number of rotatable bonds is 2. The van der Waals surface area contributed by atoms with Gasteiger partial charge in [0.15, 0.2) is 0 Å². The Morgan fingerprint density at radius 1 is 1.56 bits per heavy atom. The second-order valence-electron chi connectivity index (χ2n) is 3.23. The standard InChI is InChI=1S/C10H11FN4O/c1-2-12-10(16)15-9-13-7-4-3-6(11)5-8(7)14-9/h3-5H,2H2,1H3,(H3,12,13,14,15,16). The van der Waals surface area contributed by atoms with Gasteiger partial charge in [-0.1, -0.05) is 0 Å². The molecule has 0 unspecified atom stereocenters. The Kier molecular flexibility index (Phi) is 2.72. The van der Waals surface area contributed by atoms with Crippen LogP contribution in [0.1, 0.15) is 6.92 Å². The van der Waals surface area contributed by atoms with Crippen LogP contribution in [0.5, 0.6) is 0 Å². The first-order valence-corrected chi connectivity index (χ1v) is 4.89. The molecule has 0 fully saturated rings. The lowest BCUT2D eigenvalue weighted by Crippen LogP contribution is -2.28. The zero-order valence-corrected chi connectivity index (χ0v) is 8.67. The molecule has 5 nitrogen and oxygen atoms in total. The summed E-state index contributed by atoms with van der Waals surface area (Å²) >= 11 is 0. The molecule has 0 spiro atoms. The maximum atomic E-state index is 12.9. The van der Waals surface area contributed by atoms with E-state index in [1.807, 2.05) is 6.92 Å². The van der Waals surface area contributed by atoms with Crippen LogP contribution in [0.2, 0.25) is 0 Å². The van der Waals surface area contributed by atoms with E-state index in [1.54, 1.807) is 6.07 Å². The zero-order chi connectivity index (χ0) is 11.5. The predicted octanol–water partition coefficient (Wildman–Crippen LogP) is 1.84. The molecule has 2 amide bonds. The number of nitrogens with one attached hydrogen (secondary N) is 3. The first kappa shape index (κ1) is 10.4. The highest BCUT2D eigenvalue weighted by molar-refractivity contribution is 5.89. The van der Waals surface area contributed by atoms with Crippen molar-refractivity contribution in [1.82, 2.24) is 15.3 Å². The smallest absolute Gasteiger partial charge is 0.321 e. The van der Waals surface area contributed by atoms with Gasteiger partial charge in [0, 0.05) is 6.54 Å². The summed E-state index contributed by atoms with van der Waals surface area (Å²) in [7, 11) is 0. The topological polar surface area (TPSA) is 69.8 Å². The van der Waals surface area contributed by atoms with Crippen molar-refractivity contribution < 1.29 is 9.18 Å². The fourth-order valence-corrected chi connectivity index (χ4v) is 1.35. The molecule has 0 saturated heterocycles. The summed E-state index contributed by atoms with van der Waals surface area (Å²) in [5, 5.41) is 5.08. The molecule has 0 aliphatic carbocycles. The highest BCUT2D eigenvalue weighted by atomic mass is 19.1. The lowest BCUT2D eigenvalue weighted by atomic mass is 10.3. The van der Waals surface area contributed by atoms with Gasteiger partial charge in [0.2, 0.25) is 5.95 Å². The van der Waals surface area contributed by atoms with Crippen molar-refractivity contribution in [2.75, 3.05) is 11.9 Å². The first-order chi connectivity index (χ1) is 7.69. The summed E-state index contributed by atoms with van der Waals surface area (Å²) in [6.07, 6.45) is 0. The van der Waals surface area contributed by atoms with Crippen LogP contribution in [0.3, 0.4) is 0 Å². The van der Waals surface area contributed by atoms with Gasteiger partial charge in [0.1, 0.15) is 5.82 Å². The van der Waals surface area contributed by atoms with E-state index in [0.29, 0.717) is 23.5 Å². The predicted molar refractivity (Wildman–Crippen MR) is 58.7 cm³/mol.